The molecular weight excluding hydrogens is 216 g/mol. The van der Waals surface area contributed by atoms with Crippen LogP contribution in [0.15, 0.2) is 0 Å². The van der Waals surface area contributed by atoms with Gasteiger partial charge in [-0.3, -0.25) is 4.79 Å². The Bertz CT molecular complexity index is 434. The summed E-state index contributed by atoms with van der Waals surface area (Å²) in [4.78, 5) is 21.4. The lowest BCUT2D eigenvalue weighted by molar-refractivity contribution is -0.117. The molecule has 2 rings (SSSR count). The van der Waals surface area contributed by atoms with E-state index in [0.29, 0.717) is 17.2 Å². The van der Waals surface area contributed by atoms with Crippen LogP contribution in [0.2, 0.25) is 5.28 Å². The van der Waals surface area contributed by atoms with Gasteiger partial charge in [0.1, 0.15) is 11.7 Å². The van der Waals surface area contributed by atoms with Crippen LogP contribution >= 0.6 is 11.6 Å². The summed E-state index contributed by atoms with van der Waals surface area (Å²) in [5.74, 6) is 0.610. The highest BCUT2D eigenvalue weighted by Gasteiger charge is 2.29. The van der Waals surface area contributed by atoms with Gasteiger partial charge in [0.15, 0.2) is 5.82 Å². The van der Waals surface area contributed by atoms with Crippen molar-refractivity contribution in [2.45, 2.75) is 19.9 Å². The van der Waals surface area contributed by atoms with E-state index in [0.717, 1.165) is 0 Å². The molecule has 0 saturated heterocycles. The van der Waals surface area contributed by atoms with E-state index >= 15 is 0 Å². The van der Waals surface area contributed by atoms with Gasteiger partial charge in [-0.05, 0) is 25.4 Å². The predicted molar refractivity (Wildman–Crippen MR) is 58.3 cm³/mol. The number of rotatable bonds is 0. The van der Waals surface area contributed by atoms with E-state index in [4.69, 9.17) is 11.6 Å². The molecule has 5 nitrogen and oxygen atoms in total. The normalized spacial score (nSPS) is 19.9. The molecule has 0 unspecified atom stereocenters. The summed E-state index contributed by atoms with van der Waals surface area (Å²) in [6.07, 6.45) is 0. The number of nitrogens with zero attached hydrogens (tertiary/aromatic N) is 3. The lowest BCUT2D eigenvalue weighted by atomic mass is 10.2. The molecule has 0 fully saturated rings. The molecule has 0 bridgehead atoms. The zero-order valence-electron chi connectivity index (χ0n) is 8.71. The fourth-order valence-corrected chi connectivity index (χ4v) is 1.72. The summed E-state index contributed by atoms with van der Waals surface area (Å²) in [6.45, 7) is 3.60. The SMILES string of the molecule is Cc1nc(Cl)nc2c1NC(=O)[C@H](C)N2C. The van der Waals surface area contributed by atoms with Gasteiger partial charge in [0.2, 0.25) is 11.2 Å². The quantitative estimate of drug-likeness (QED) is 0.676. The molecule has 0 radical (unpaired) electrons. The van der Waals surface area contributed by atoms with Crippen LogP contribution in [0.1, 0.15) is 12.6 Å². The Hall–Kier alpha value is -1.36. The molecule has 0 aromatic carbocycles. The largest absolute Gasteiger partial charge is 0.346 e. The zero-order chi connectivity index (χ0) is 11.2. The minimum absolute atomic E-state index is 0.0565. The summed E-state index contributed by atoms with van der Waals surface area (Å²) < 4.78 is 0. The first-order chi connectivity index (χ1) is 7.00. The van der Waals surface area contributed by atoms with E-state index in [1.165, 1.54) is 0 Å². The number of fused-ring (bicyclic) bond motifs is 1. The second-order valence-corrected chi connectivity index (χ2v) is 3.89. The van der Waals surface area contributed by atoms with E-state index in [1.54, 1.807) is 11.8 Å². The topological polar surface area (TPSA) is 58.1 Å². The predicted octanol–water partition coefficient (Wildman–Crippen LogP) is 1.22. The number of halogens is 1. The Morgan fingerprint density at radius 1 is 1.47 bits per heavy atom. The van der Waals surface area contributed by atoms with Crippen molar-refractivity contribution in [1.29, 1.82) is 0 Å². The number of carbonyl (C=O) groups excluding carboxylic acids is 1. The zero-order valence-corrected chi connectivity index (χ0v) is 9.46. The minimum atomic E-state index is -0.247. The third kappa shape index (κ3) is 1.52. The number of hydrogen-bond donors (Lipinski definition) is 1. The highest BCUT2D eigenvalue weighted by Crippen LogP contribution is 2.31. The van der Waals surface area contributed by atoms with Crippen LogP contribution < -0.4 is 10.2 Å². The Morgan fingerprint density at radius 2 is 2.13 bits per heavy atom. The van der Waals surface area contributed by atoms with Crippen LogP contribution in [-0.2, 0) is 4.79 Å². The molecule has 80 valence electrons. The van der Waals surface area contributed by atoms with E-state index in [2.05, 4.69) is 15.3 Å². The summed E-state index contributed by atoms with van der Waals surface area (Å²) in [5.41, 5.74) is 1.32. The first-order valence-corrected chi connectivity index (χ1v) is 4.96. The van der Waals surface area contributed by atoms with E-state index < -0.39 is 0 Å². The van der Waals surface area contributed by atoms with Crippen LogP contribution in [0.5, 0.6) is 0 Å². The molecule has 1 aliphatic rings. The van der Waals surface area contributed by atoms with Gasteiger partial charge in [0.25, 0.3) is 0 Å². The van der Waals surface area contributed by atoms with Crippen molar-refractivity contribution < 1.29 is 4.79 Å². The van der Waals surface area contributed by atoms with E-state index in [9.17, 15) is 4.79 Å². The second-order valence-electron chi connectivity index (χ2n) is 3.55. The lowest BCUT2D eigenvalue weighted by Gasteiger charge is -2.32. The third-order valence-corrected chi connectivity index (χ3v) is 2.76. The number of amides is 1. The lowest BCUT2D eigenvalue weighted by Crippen LogP contribution is -2.44. The van der Waals surface area contributed by atoms with Gasteiger partial charge < -0.3 is 10.2 Å². The summed E-state index contributed by atoms with van der Waals surface area (Å²) in [5, 5.41) is 2.97. The number of carbonyl (C=O) groups is 1. The summed E-state index contributed by atoms with van der Waals surface area (Å²) >= 11 is 5.77. The maximum absolute atomic E-state index is 11.6. The minimum Gasteiger partial charge on any atom is -0.346 e. The van der Waals surface area contributed by atoms with Gasteiger partial charge in [0.05, 0.1) is 5.69 Å². The molecule has 15 heavy (non-hydrogen) atoms. The van der Waals surface area contributed by atoms with Gasteiger partial charge >= 0.3 is 0 Å². The van der Waals surface area contributed by atoms with Crippen molar-refractivity contribution in [3.05, 3.63) is 11.0 Å². The average molecular weight is 227 g/mol. The van der Waals surface area contributed by atoms with Crippen molar-refractivity contribution in [3.63, 3.8) is 0 Å². The van der Waals surface area contributed by atoms with Gasteiger partial charge in [-0.25, -0.2) is 4.98 Å². The molecular formula is C9H11ClN4O. The standard InChI is InChI=1S/C9H11ClN4O/c1-4-6-7(13-9(10)11-4)14(3)5(2)8(15)12-6/h5H,1-3H3,(H,12,15)/t5-/m0/s1. The Balaban J connectivity index is 2.60. The molecule has 0 saturated carbocycles. The fourth-order valence-electron chi connectivity index (χ4n) is 1.51. The molecule has 1 aliphatic heterocycles. The average Bonchev–Trinajstić information content (AvgIpc) is 2.17. The monoisotopic (exact) mass is 226 g/mol. The molecule has 6 heteroatoms. The van der Waals surface area contributed by atoms with Crippen LogP contribution in [0.4, 0.5) is 11.5 Å². The molecule has 1 N–H and O–H groups in total. The fraction of sp³-hybridized carbons (Fsp3) is 0.444. The van der Waals surface area contributed by atoms with Crippen LogP contribution in [0.25, 0.3) is 0 Å². The Labute approximate surface area is 92.5 Å². The van der Waals surface area contributed by atoms with Crippen molar-refractivity contribution in [3.8, 4) is 0 Å². The van der Waals surface area contributed by atoms with Crippen molar-refractivity contribution in [1.82, 2.24) is 9.97 Å². The maximum atomic E-state index is 11.6. The Morgan fingerprint density at radius 3 is 2.80 bits per heavy atom. The number of anilines is 2. The highest BCUT2D eigenvalue weighted by molar-refractivity contribution is 6.28. The van der Waals surface area contributed by atoms with Crippen LogP contribution in [0.3, 0.4) is 0 Å². The first-order valence-electron chi connectivity index (χ1n) is 4.58. The van der Waals surface area contributed by atoms with Crippen molar-refractivity contribution in [2.24, 2.45) is 0 Å². The molecule has 2 heterocycles. The molecule has 1 atom stereocenters. The number of nitrogens with one attached hydrogen (secondary N) is 1. The number of likely N-dealkylation sites (N-methyl/N-ethyl adjacent to an activating group) is 1. The third-order valence-electron chi connectivity index (χ3n) is 2.59. The number of hydrogen-bond acceptors (Lipinski definition) is 4. The van der Waals surface area contributed by atoms with E-state index in [-0.39, 0.29) is 17.2 Å². The van der Waals surface area contributed by atoms with Crippen molar-refractivity contribution in [2.75, 3.05) is 17.3 Å². The number of aromatic nitrogens is 2. The summed E-state index contributed by atoms with van der Waals surface area (Å²) in [6, 6.07) is -0.247. The van der Waals surface area contributed by atoms with Crippen LogP contribution in [0, 0.1) is 6.92 Å². The second kappa shape index (κ2) is 3.34. The molecule has 0 aliphatic carbocycles. The molecule has 0 spiro atoms. The molecule has 1 amide bonds. The summed E-state index contributed by atoms with van der Waals surface area (Å²) in [7, 11) is 1.81. The van der Waals surface area contributed by atoms with Gasteiger partial charge in [0, 0.05) is 7.05 Å². The first kappa shape index (κ1) is 10.2. The molecule has 1 aromatic rings. The van der Waals surface area contributed by atoms with Crippen LogP contribution in [-0.4, -0.2) is 29.0 Å². The van der Waals surface area contributed by atoms with E-state index in [1.807, 2.05) is 14.0 Å². The van der Waals surface area contributed by atoms with Gasteiger partial charge in [-0.1, -0.05) is 0 Å². The maximum Gasteiger partial charge on any atom is 0.246 e. The molecule has 1 aromatic heterocycles. The van der Waals surface area contributed by atoms with Gasteiger partial charge in [-0.2, -0.15) is 4.98 Å². The van der Waals surface area contributed by atoms with Gasteiger partial charge in [-0.15, -0.1) is 0 Å². The Kier molecular flexibility index (Phi) is 2.26. The smallest absolute Gasteiger partial charge is 0.246 e. The highest BCUT2D eigenvalue weighted by atomic mass is 35.5. The number of aryl methyl sites for hydroxylation is 1. The van der Waals surface area contributed by atoms with Crippen molar-refractivity contribution >= 4 is 29.0 Å².